The largest absolute Gasteiger partial charge is 0.396 e. The number of hydrogen-bond acceptors (Lipinski definition) is 3. The van der Waals surface area contributed by atoms with Gasteiger partial charge in [0.2, 0.25) is 0 Å². The van der Waals surface area contributed by atoms with Gasteiger partial charge in [-0.25, -0.2) is 0 Å². The second-order valence-corrected chi connectivity index (χ2v) is 5.70. The average Bonchev–Trinajstić information content (AvgIpc) is 2.46. The van der Waals surface area contributed by atoms with Crippen LogP contribution < -0.4 is 0 Å². The highest BCUT2D eigenvalue weighted by molar-refractivity contribution is 5.80. The number of amides is 1. The first-order valence-corrected chi connectivity index (χ1v) is 7.60. The van der Waals surface area contributed by atoms with Gasteiger partial charge in [0.25, 0.3) is 5.91 Å². The zero-order valence-electron chi connectivity index (χ0n) is 12.7. The van der Waals surface area contributed by atoms with Crippen LogP contribution in [0.25, 0.3) is 0 Å². The van der Waals surface area contributed by atoms with Gasteiger partial charge in [-0.15, -0.1) is 0 Å². The van der Waals surface area contributed by atoms with Crippen molar-refractivity contribution in [2.24, 2.45) is 5.41 Å². The lowest BCUT2D eigenvalue weighted by molar-refractivity contribution is -0.145. The van der Waals surface area contributed by atoms with E-state index >= 15 is 0 Å². The lowest BCUT2D eigenvalue weighted by atomic mass is 9.77. The molecule has 1 aliphatic rings. The molecule has 4 nitrogen and oxygen atoms in total. The Morgan fingerprint density at radius 2 is 2.00 bits per heavy atom. The van der Waals surface area contributed by atoms with E-state index in [1.165, 1.54) is 0 Å². The summed E-state index contributed by atoms with van der Waals surface area (Å²) < 4.78 is 5.56. The quantitative estimate of drug-likeness (QED) is 0.722. The number of unbranched alkanes of at least 4 members (excludes halogenated alkanes) is 1. The Hall–Kier alpha value is -0.610. The van der Waals surface area contributed by atoms with Crippen LogP contribution >= 0.6 is 0 Å². The van der Waals surface area contributed by atoms with E-state index in [0.717, 1.165) is 45.2 Å². The van der Waals surface area contributed by atoms with E-state index < -0.39 is 0 Å². The predicted molar refractivity (Wildman–Crippen MR) is 75.9 cm³/mol. The zero-order valence-corrected chi connectivity index (χ0v) is 12.7. The van der Waals surface area contributed by atoms with Crippen molar-refractivity contribution in [1.82, 2.24) is 4.90 Å². The Kier molecular flexibility index (Phi) is 6.80. The summed E-state index contributed by atoms with van der Waals surface area (Å²) in [5.41, 5.74) is 0.0308. The maximum Gasteiger partial charge on any atom is 0.251 e. The molecule has 0 aromatic rings. The van der Waals surface area contributed by atoms with E-state index in [4.69, 9.17) is 4.74 Å². The number of likely N-dealkylation sites (tertiary alicyclic amines) is 1. The summed E-state index contributed by atoms with van der Waals surface area (Å²) in [6, 6.07) is 0. The van der Waals surface area contributed by atoms with Crippen molar-refractivity contribution in [2.45, 2.75) is 59.0 Å². The van der Waals surface area contributed by atoms with Crippen LogP contribution in [-0.2, 0) is 9.53 Å². The summed E-state index contributed by atoms with van der Waals surface area (Å²) in [6.07, 6.45) is 4.52. The molecular formula is C15H29NO3. The monoisotopic (exact) mass is 271 g/mol. The molecule has 1 unspecified atom stereocenters. The van der Waals surface area contributed by atoms with Crippen molar-refractivity contribution in [2.75, 3.05) is 26.3 Å². The second kappa shape index (κ2) is 7.85. The fourth-order valence-electron chi connectivity index (χ4n) is 2.56. The molecule has 0 radical (unpaired) electrons. The predicted octanol–water partition coefficient (Wildman–Crippen LogP) is 2.20. The van der Waals surface area contributed by atoms with Gasteiger partial charge in [0.15, 0.2) is 0 Å². The number of ether oxygens (including phenoxy) is 1. The molecule has 1 aliphatic heterocycles. The van der Waals surface area contributed by atoms with E-state index in [1.807, 2.05) is 11.8 Å². The molecule has 0 saturated carbocycles. The molecular weight excluding hydrogens is 242 g/mol. The van der Waals surface area contributed by atoms with Gasteiger partial charge in [0.1, 0.15) is 6.10 Å². The van der Waals surface area contributed by atoms with E-state index in [9.17, 15) is 9.90 Å². The topological polar surface area (TPSA) is 49.8 Å². The Labute approximate surface area is 117 Å². The van der Waals surface area contributed by atoms with Crippen molar-refractivity contribution < 1.29 is 14.6 Å². The third kappa shape index (κ3) is 4.46. The minimum absolute atomic E-state index is 0.0308. The lowest BCUT2D eigenvalue weighted by Crippen LogP contribution is -2.47. The molecule has 1 amide bonds. The number of carbonyl (C=O) groups is 1. The number of aliphatic hydroxyl groups is 1. The van der Waals surface area contributed by atoms with Gasteiger partial charge in [-0.2, -0.15) is 0 Å². The summed E-state index contributed by atoms with van der Waals surface area (Å²) in [5, 5.41) is 9.49. The number of carbonyl (C=O) groups excluding carboxylic acids is 1. The molecule has 1 N–H and O–H groups in total. The fourth-order valence-corrected chi connectivity index (χ4v) is 2.56. The Balaban J connectivity index is 2.39. The van der Waals surface area contributed by atoms with E-state index in [2.05, 4.69) is 13.8 Å². The number of rotatable bonds is 7. The molecule has 1 rings (SSSR count). The molecule has 1 heterocycles. The molecule has 1 fully saturated rings. The van der Waals surface area contributed by atoms with Crippen molar-refractivity contribution in [3.8, 4) is 0 Å². The lowest BCUT2D eigenvalue weighted by Gasteiger charge is -2.40. The summed E-state index contributed by atoms with van der Waals surface area (Å²) in [6.45, 7) is 8.44. The maximum absolute atomic E-state index is 12.2. The standard InChI is InChI=1S/C15H29NO3/c1-4-6-11-19-13(3)14(18)16-9-7-15(5-2,12-17)8-10-16/h13,17H,4-12H2,1-3H3. The van der Waals surface area contributed by atoms with Crippen molar-refractivity contribution in [3.05, 3.63) is 0 Å². The van der Waals surface area contributed by atoms with E-state index in [1.54, 1.807) is 0 Å². The fraction of sp³-hybridized carbons (Fsp3) is 0.933. The minimum Gasteiger partial charge on any atom is -0.396 e. The Morgan fingerprint density at radius 1 is 1.37 bits per heavy atom. The van der Waals surface area contributed by atoms with Crippen LogP contribution in [0.15, 0.2) is 0 Å². The summed E-state index contributed by atoms with van der Waals surface area (Å²) in [5.74, 6) is 0.0961. The number of aliphatic hydroxyl groups excluding tert-OH is 1. The van der Waals surface area contributed by atoms with Gasteiger partial charge in [0.05, 0.1) is 0 Å². The van der Waals surface area contributed by atoms with Crippen LogP contribution in [0.3, 0.4) is 0 Å². The van der Waals surface area contributed by atoms with Gasteiger partial charge in [-0.3, -0.25) is 4.79 Å². The summed E-state index contributed by atoms with van der Waals surface area (Å²) in [4.78, 5) is 14.1. The second-order valence-electron chi connectivity index (χ2n) is 5.70. The van der Waals surface area contributed by atoms with Crippen LogP contribution in [0.5, 0.6) is 0 Å². The smallest absolute Gasteiger partial charge is 0.251 e. The molecule has 1 atom stereocenters. The third-order valence-electron chi connectivity index (χ3n) is 4.43. The molecule has 4 heteroatoms. The minimum atomic E-state index is -0.338. The van der Waals surface area contributed by atoms with Gasteiger partial charge < -0.3 is 14.7 Å². The van der Waals surface area contributed by atoms with Crippen molar-refractivity contribution >= 4 is 5.91 Å². The molecule has 0 spiro atoms. The molecule has 0 aliphatic carbocycles. The first kappa shape index (κ1) is 16.4. The van der Waals surface area contributed by atoms with Crippen LogP contribution in [0, 0.1) is 5.41 Å². The van der Waals surface area contributed by atoms with E-state index in [-0.39, 0.29) is 24.0 Å². The van der Waals surface area contributed by atoms with Crippen molar-refractivity contribution in [1.29, 1.82) is 0 Å². The molecule has 112 valence electrons. The highest BCUT2D eigenvalue weighted by atomic mass is 16.5. The van der Waals surface area contributed by atoms with Gasteiger partial charge in [-0.1, -0.05) is 20.3 Å². The first-order valence-electron chi connectivity index (χ1n) is 7.60. The molecule has 0 aromatic carbocycles. The summed E-state index contributed by atoms with van der Waals surface area (Å²) >= 11 is 0. The maximum atomic E-state index is 12.2. The Morgan fingerprint density at radius 3 is 2.47 bits per heavy atom. The number of nitrogens with zero attached hydrogens (tertiary/aromatic N) is 1. The highest BCUT2D eigenvalue weighted by Gasteiger charge is 2.34. The molecule has 0 aromatic heterocycles. The normalized spacial score (nSPS) is 20.3. The molecule has 19 heavy (non-hydrogen) atoms. The van der Waals surface area contributed by atoms with Crippen LogP contribution in [-0.4, -0.2) is 48.3 Å². The van der Waals surface area contributed by atoms with Crippen molar-refractivity contribution in [3.63, 3.8) is 0 Å². The number of hydrogen-bond donors (Lipinski definition) is 1. The van der Waals surface area contributed by atoms with Gasteiger partial charge >= 0.3 is 0 Å². The van der Waals surface area contributed by atoms with Crippen LogP contribution in [0.1, 0.15) is 52.9 Å². The van der Waals surface area contributed by atoms with Gasteiger partial charge in [0, 0.05) is 26.3 Å². The van der Waals surface area contributed by atoms with Crippen LogP contribution in [0.2, 0.25) is 0 Å². The third-order valence-corrected chi connectivity index (χ3v) is 4.43. The number of piperidine rings is 1. The molecule has 0 bridgehead atoms. The highest BCUT2D eigenvalue weighted by Crippen LogP contribution is 2.34. The average molecular weight is 271 g/mol. The summed E-state index contributed by atoms with van der Waals surface area (Å²) in [7, 11) is 0. The Bertz CT molecular complexity index is 267. The van der Waals surface area contributed by atoms with Gasteiger partial charge in [-0.05, 0) is 38.0 Å². The first-order chi connectivity index (χ1) is 9.08. The zero-order chi connectivity index (χ0) is 14.3. The SMILES string of the molecule is CCCCOC(C)C(=O)N1CCC(CC)(CO)CC1. The van der Waals surface area contributed by atoms with Crippen LogP contribution in [0.4, 0.5) is 0 Å². The van der Waals surface area contributed by atoms with E-state index in [0.29, 0.717) is 6.61 Å². The molecule has 1 saturated heterocycles.